The van der Waals surface area contributed by atoms with Crippen LogP contribution in [0.4, 0.5) is 11.4 Å². The lowest BCUT2D eigenvalue weighted by Gasteiger charge is -2.16. The Hall–Kier alpha value is -3.86. The van der Waals surface area contributed by atoms with Crippen LogP contribution in [0, 0.1) is 0 Å². The molecule has 1 aliphatic rings. The van der Waals surface area contributed by atoms with Gasteiger partial charge in [-0.3, -0.25) is 9.59 Å². The van der Waals surface area contributed by atoms with Crippen LogP contribution in [0.15, 0.2) is 78.5 Å². The van der Waals surface area contributed by atoms with Crippen LogP contribution >= 0.6 is 0 Å². The Morgan fingerprint density at radius 1 is 0.743 bits per heavy atom. The molecule has 0 radical (unpaired) electrons. The second-order valence-electron chi connectivity index (χ2n) is 9.30. The molecule has 0 bridgehead atoms. The van der Waals surface area contributed by atoms with Crippen LogP contribution in [0.2, 0.25) is 0 Å². The molecule has 35 heavy (non-hydrogen) atoms. The molecule has 0 aliphatic carbocycles. The van der Waals surface area contributed by atoms with Crippen molar-refractivity contribution in [1.82, 2.24) is 0 Å². The Morgan fingerprint density at radius 3 is 1.80 bits per heavy atom. The SMILES string of the molecule is CCOc1ccc(C2=C(Nc3ccc(C(C)C)cc3)C(=O)N(c3ccc(C(C)C)cc3)C2=O)cc1. The van der Waals surface area contributed by atoms with Gasteiger partial charge in [-0.25, -0.2) is 4.90 Å². The average molecular weight is 469 g/mol. The van der Waals surface area contributed by atoms with Crippen molar-refractivity contribution in [1.29, 1.82) is 0 Å². The Bertz CT molecular complexity index is 1240. The van der Waals surface area contributed by atoms with E-state index in [9.17, 15) is 9.59 Å². The van der Waals surface area contributed by atoms with E-state index in [2.05, 4.69) is 33.0 Å². The van der Waals surface area contributed by atoms with Gasteiger partial charge in [0.15, 0.2) is 0 Å². The molecular formula is C30H32N2O3. The van der Waals surface area contributed by atoms with Gasteiger partial charge in [-0.2, -0.15) is 0 Å². The number of hydrogen-bond donors (Lipinski definition) is 1. The highest BCUT2D eigenvalue weighted by molar-refractivity contribution is 6.46. The summed E-state index contributed by atoms with van der Waals surface area (Å²) in [6.07, 6.45) is 0. The standard InChI is InChI=1S/C30H32N2O3/c1-6-35-26-17-11-23(12-18-26)27-28(31-24-13-7-21(8-14-24)19(2)3)30(34)32(29(27)33)25-15-9-22(10-16-25)20(4)5/h7-20,31H,6H2,1-5H3. The fourth-order valence-electron chi connectivity index (χ4n) is 4.14. The number of nitrogens with zero attached hydrogens (tertiary/aromatic N) is 1. The molecule has 5 nitrogen and oxygen atoms in total. The molecule has 0 saturated heterocycles. The van der Waals surface area contributed by atoms with Gasteiger partial charge in [-0.1, -0.05) is 64.1 Å². The monoisotopic (exact) mass is 468 g/mol. The van der Waals surface area contributed by atoms with Crippen molar-refractivity contribution in [3.63, 3.8) is 0 Å². The molecule has 0 aromatic heterocycles. The quantitative estimate of drug-likeness (QED) is 0.373. The maximum Gasteiger partial charge on any atom is 0.282 e. The predicted octanol–water partition coefficient (Wildman–Crippen LogP) is 6.73. The molecular weight excluding hydrogens is 436 g/mol. The first-order valence-electron chi connectivity index (χ1n) is 12.1. The van der Waals surface area contributed by atoms with E-state index in [0.29, 0.717) is 41.0 Å². The van der Waals surface area contributed by atoms with Crippen molar-refractivity contribution >= 4 is 28.8 Å². The number of rotatable bonds is 8. The fraction of sp³-hybridized carbons (Fsp3) is 0.267. The summed E-state index contributed by atoms with van der Waals surface area (Å²) < 4.78 is 5.55. The lowest BCUT2D eigenvalue weighted by Crippen LogP contribution is -2.32. The number of nitrogens with one attached hydrogen (secondary N) is 1. The highest BCUT2D eigenvalue weighted by atomic mass is 16.5. The molecule has 0 fully saturated rings. The number of ether oxygens (including phenoxy) is 1. The van der Waals surface area contributed by atoms with Gasteiger partial charge in [0.05, 0.1) is 17.9 Å². The predicted molar refractivity (Wildman–Crippen MR) is 142 cm³/mol. The van der Waals surface area contributed by atoms with Crippen LogP contribution in [-0.2, 0) is 9.59 Å². The minimum Gasteiger partial charge on any atom is -0.494 e. The minimum absolute atomic E-state index is 0.268. The number of anilines is 2. The average Bonchev–Trinajstić information content (AvgIpc) is 3.09. The number of imide groups is 1. The lowest BCUT2D eigenvalue weighted by molar-refractivity contribution is -0.120. The maximum absolute atomic E-state index is 13.7. The molecule has 180 valence electrons. The Morgan fingerprint density at radius 2 is 1.29 bits per heavy atom. The third kappa shape index (κ3) is 4.99. The molecule has 5 heteroatoms. The van der Waals surface area contributed by atoms with E-state index in [1.165, 1.54) is 10.5 Å². The summed E-state index contributed by atoms with van der Waals surface area (Å²) in [5.74, 6) is 0.759. The largest absolute Gasteiger partial charge is 0.494 e. The van der Waals surface area contributed by atoms with Crippen molar-refractivity contribution in [2.45, 2.75) is 46.5 Å². The number of carbonyl (C=O) groups excluding carboxylic acids is 2. The molecule has 1 aliphatic heterocycles. The van der Waals surface area contributed by atoms with Crippen LogP contribution in [0.5, 0.6) is 5.75 Å². The summed E-state index contributed by atoms with van der Waals surface area (Å²) in [6, 6.07) is 22.8. The summed E-state index contributed by atoms with van der Waals surface area (Å²) in [5, 5.41) is 3.24. The fourth-order valence-corrected chi connectivity index (χ4v) is 4.14. The Balaban J connectivity index is 1.74. The maximum atomic E-state index is 13.7. The second-order valence-corrected chi connectivity index (χ2v) is 9.30. The zero-order valence-electron chi connectivity index (χ0n) is 21.0. The van der Waals surface area contributed by atoms with Crippen molar-refractivity contribution in [2.24, 2.45) is 0 Å². The number of amides is 2. The first-order valence-corrected chi connectivity index (χ1v) is 12.1. The van der Waals surface area contributed by atoms with Crippen molar-refractivity contribution < 1.29 is 14.3 Å². The van der Waals surface area contributed by atoms with Gasteiger partial charge in [0.25, 0.3) is 11.8 Å². The molecule has 0 saturated carbocycles. The molecule has 3 aromatic carbocycles. The number of hydrogen-bond acceptors (Lipinski definition) is 4. The van der Waals surface area contributed by atoms with Crippen molar-refractivity contribution in [3.8, 4) is 5.75 Å². The van der Waals surface area contributed by atoms with Crippen molar-refractivity contribution in [2.75, 3.05) is 16.8 Å². The topological polar surface area (TPSA) is 58.6 Å². The Kier molecular flexibility index (Phi) is 7.06. The molecule has 2 amide bonds. The van der Waals surface area contributed by atoms with E-state index >= 15 is 0 Å². The molecule has 1 heterocycles. The molecule has 1 N–H and O–H groups in total. The summed E-state index contributed by atoms with van der Waals surface area (Å²) in [4.78, 5) is 28.5. The van der Waals surface area contributed by atoms with E-state index in [1.54, 1.807) is 0 Å². The first-order chi connectivity index (χ1) is 16.8. The smallest absolute Gasteiger partial charge is 0.282 e. The van der Waals surface area contributed by atoms with Crippen LogP contribution < -0.4 is 15.0 Å². The summed E-state index contributed by atoms with van der Waals surface area (Å²) >= 11 is 0. The van der Waals surface area contributed by atoms with Gasteiger partial charge in [0, 0.05) is 5.69 Å². The molecule has 0 spiro atoms. The van der Waals surface area contributed by atoms with E-state index in [0.717, 1.165) is 11.3 Å². The van der Waals surface area contributed by atoms with E-state index < -0.39 is 0 Å². The third-order valence-electron chi connectivity index (χ3n) is 6.20. The highest BCUT2D eigenvalue weighted by Crippen LogP contribution is 2.35. The second kappa shape index (κ2) is 10.2. The molecule has 4 rings (SSSR count). The van der Waals surface area contributed by atoms with Gasteiger partial charge >= 0.3 is 0 Å². The van der Waals surface area contributed by atoms with Gasteiger partial charge < -0.3 is 10.1 Å². The normalized spacial score (nSPS) is 13.9. The summed E-state index contributed by atoms with van der Waals surface area (Å²) in [6.45, 7) is 11.0. The van der Waals surface area contributed by atoms with Crippen molar-refractivity contribution in [3.05, 3.63) is 95.2 Å². The van der Waals surface area contributed by atoms with E-state index in [4.69, 9.17) is 4.74 Å². The van der Waals surface area contributed by atoms with Crippen LogP contribution in [0.1, 0.15) is 63.1 Å². The highest BCUT2D eigenvalue weighted by Gasteiger charge is 2.40. The van der Waals surface area contributed by atoms with Gasteiger partial charge in [-0.05, 0) is 71.8 Å². The van der Waals surface area contributed by atoms with Gasteiger partial charge in [0.2, 0.25) is 0 Å². The summed E-state index contributed by atoms with van der Waals surface area (Å²) in [7, 11) is 0. The lowest BCUT2D eigenvalue weighted by atomic mass is 10.0. The Labute approximate surface area is 207 Å². The number of carbonyl (C=O) groups is 2. The third-order valence-corrected chi connectivity index (χ3v) is 6.20. The van der Waals surface area contributed by atoms with Crippen LogP contribution in [0.3, 0.4) is 0 Å². The molecule has 0 atom stereocenters. The number of benzene rings is 3. The van der Waals surface area contributed by atoms with Gasteiger partial charge in [-0.15, -0.1) is 0 Å². The zero-order chi connectivity index (χ0) is 25.1. The summed E-state index contributed by atoms with van der Waals surface area (Å²) in [5.41, 5.74) is 4.94. The van der Waals surface area contributed by atoms with Gasteiger partial charge in [0.1, 0.15) is 11.4 Å². The van der Waals surface area contributed by atoms with Crippen LogP contribution in [-0.4, -0.2) is 18.4 Å². The van der Waals surface area contributed by atoms with E-state index in [1.807, 2.05) is 79.7 Å². The first kappa shape index (κ1) is 24.3. The molecule has 3 aromatic rings. The molecule has 0 unspecified atom stereocenters. The minimum atomic E-state index is -0.371. The zero-order valence-corrected chi connectivity index (χ0v) is 21.0. The van der Waals surface area contributed by atoms with Crippen LogP contribution in [0.25, 0.3) is 5.57 Å². The van der Waals surface area contributed by atoms with E-state index in [-0.39, 0.29) is 17.5 Å².